The Labute approximate surface area is 220 Å². The first-order chi connectivity index (χ1) is 18.2. The molecule has 2 bridgehead atoms. The number of aromatic amines is 1. The van der Waals surface area contributed by atoms with Gasteiger partial charge in [-0.2, -0.15) is 0 Å². The monoisotopic (exact) mass is 521 g/mol. The number of fused-ring (bicyclic) bond motifs is 3. The van der Waals surface area contributed by atoms with Gasteiger partial charge in [0, 0.05) is 18.5 Å². The third-order valence-electron chi connectivity index (χ3n) is 8.46. The van der Waals surface area contributed by atoms with Crippen LogP contribution in [0.3, 0.4) is 0 Å². The number of hydrogen-bond donors (Lipinski definition) is 3. The van der Waals surface area contributed by atoms with Gasteiger partial charge >= 0.3 is 11.7 Å². The molecule has 3 unspecified atom stereocenters. The lowest BCUT2D eigenvalue weighted by Crippen LogP contribution is -2.46. The lowest BCUT2D eigenvalue weighted by molar-refractivity contribution is -0.144. The molecule has 2 heterocycles. The van der Waals surface area contributed by atoms with Crippen molar-refractivity contribution in [2.45, 2.75) is 89.8 Å². The second-order valence-corrected chi connectivity index (χ2v) is 10.9. The lowest BCUT2D eigenvalue weighted by atomic mass is 9.68. The van der Waals surface area contributed by atoms with Crippen LogP contribution in [0, 0.1) is 5.41 Å². The highest BCUT2D eigenvalue weighted by Gasteiger charge is 2.57. The van der Waals surface area contributed by atoms with E-state index in [2.05, 4.69) is 10.3 Å². The highest BCUT2D eigenvalue weighted by atomic mass is 16.4. The van der Waals surface area contributed by atoms with E-state index in [0.29, 0.717) is 67.7 Å². The fraction of sp³-hybridized carbons (Fsp3) is 0.536. The van der Waals surface area contributed by atoms with Gasteiger partial charge in [-0.1, -0.05) is 50.6 Å². The summed E-state index contributed by atoms with van der Waals surface area (Å²) in [5.74, 6) is -0.703. The fourth-order valence-electron chi connectivity index (χ4n) is 6.60. The van der Waals surface area contributed by atoms with E-state index >= 15 is 0 Å². The molecule has 2 fully saturated rings. The fourth-order valence-corrected chi connectivity index (χ4v) is 6.60. The van der Waals surface area contributed by atoms with Crippen molar-refractivity contribution in [3.8, 4) is 0 Å². The maximum atomic E-state index is 13.7. The number of nitrogens with zero attached hydrogens (tertiary/aromatic N) is 3. The summed E-state index contributed by atoms with van der Waals surface area (Å²) in [7, 11) is 0. The molecule has 2 aliphatic carbocycles. The topological polar surface area (TPSA) is 139 Å². The van der Waals surface area contributed by atoms with E-state index < -0.39 is 22.8 Å². The van der Waals surface area contributed by atoms with Crippen molar-refractivity contribution >= 4 is 23.0 Å². The molecule has 3 atom stereocenters. The van der Waals surface area contributed by atoms with E-state index in [4.69, 9.17) is 4.98 Å². The molecule has 5 rings (SSSR count). The van der Waals surface area contributed by atoms with Crippen LogP contribution in [-0.2, 0) is 28.1 Å². The minimum atomic E-state index is -1.12. The van der Waals surface area contributed by atoms with Crippen LogP contribution in [0.15, 0.2) is 39.9 Å². The number of aryl methyl sites for hydroxylation is 1. The van der Waals surface area contributed by atoms with Crippen LogP contribution in [0.25, 0.3) is 11.2 Å². The summed E-state index contributed by atoms with van der Waals surface area (Å²) in [5.41, 5.74) is -0.607. The number of aliphatic carboxylic acids is 1. The van der Waals surface area contributed by atoms with Crippen LogP contribution in [0.5, 0.6) is 0 Å². The number of imidazole rings is 1. The molecule has 0 saturated heterocycles. The molecule has 38 heavy (non-hydrogen) atoms. The predicted octanol–water partition coefficient (Wildman–Crippen LogP) is 3.24. The van der Waals surface area contributed by atoms with Crippen LogP contribution in [0.2, 0.25) is 0 Å². The van der Waals surface area contributed by atoms with Crippen molar-refractivity contribution in [3.05, 3.63) is 62.6 Å². The molecule has 10 heteroatoms. The first-order valence-corrected chi connectivity index (χ1v) is 13.6. The SMILES string of the molecule is CCCn1c(=O)c2[nH]c(C34CCCC(C(=O)NC(C(=O)O)c5ccccc5)(CC3)C4)nc2n(CCC)c1=O. The predicted molar refractivity (Wildman–Crippen MR) is 142 cm³/mol. The Hall–Kier alpha value is -3.69. The normalized spacial score (nSPS) is 23.4. The summed E-state index contributed by atoms with van der Waals surface area (Å²) in [6.45, 7) is 4.70. The second kappa shape index (κ2) is 9.89. The summed E-state index contributed by atoms with van der Waals surface area (Å²) >= 11 is 0. The first kappa shape index (κ1) is 25.9. The number of carboxylic acid groups (broad SMARTS) is 1. The lowest BCUT2D eigenvalue weighted by Gasteiger charge is -2.38. The van der Waals surface area contributed by atoms with Crippen molar-refractivity contribution in [2.24, 2.45) is 5.41 Å². The largest absolute Gasteiger partial charge is 0.479 e. The number of amides is 1. The van der Waals surface area contributed by atoms with Crippen molar-refractivity contribution in [1.82, 2.24) is 24.4 Å². The van der Waals surface area contributed by atoms with E-state index in [1.54, 1.807) is 34.9 Å². The summed E-state index contributed by atoms with van der Waals surface area (Å²) < 4.78 is 2.86. The number of aromatic nitrogens is 4. The van der Waals surface area contributed by atoms with Crippen molar-refractivity contribution in [2.75, 3.05) is 0 Å². The molecule has 3 aromatic rings. The average Bonchev–Trinajstić information content (AvgIpc) is 3.48. The van der Waals surface area contributed by atoms with Gasteiger partial charge in [-0.05, 0) is 50.5 Å². The smallest absolute Gasteiger partial charge is 0.332 e. The molecular formula is C28H35N5O5. The number of nitrogens with one attached hydrogen (secondary N) is 2. The van der Waals surface area contributed by atoms with Gasteiger partial charge in [-0.15, -0.1) is 0 Å². The molecule has 10 nitrogen and oxygen atoms in total. The highest BCUT2D eigenvalue weighted by Crippen LogP contribution is 2.59. The van der Waals surface area contributed by atoms with Gasteiger partial charge in [-0.25, -0.2) is 14.6 Å². The van der Waals surface area contributed by atoms with E-state index in [0.717, 1.165) is 19.3 Å². The number of carbonyl (C=O) groups excluding carboxylic acids is 1. The number of H-pyrrole nitrogens is 1. The number of carboxylic acids is 1. The quantitative estimate of drug-likeness (QED) is 0.395. The molecule has 0 aliphatic heterocycles. The Morgan fingerprint density at radius 2 is 1.76 bits per heavy atom. The van der Waals surface area contributed by atoms with Crippen LogP contribution in [0.4, 0.5) is 0 Å². The highest BCUT2D eigenvalue weighted by molar-refractivity contribution is 5.88. The second-order valence-electron chi connectivity index (χ2n) is 10.9. The molecule has 2 aromatic heterocycles. The van der Waals surface area contributed by atoms with Crippen molar-refractivity contribution in [1.29, 1.82) is 0 Å². The molecule has 1 amide bonds. The average molecular weight is 522 g/mol. The van der Waals surface area contributed by atoms with E-state index in [9.17, 15) is 24.3 Å². The first-order valence-electron chi connectivity index (χ1n) is 13.6. The number of carbonyl (C=O) groups is 2. The van der Waals surface area contributed by atoms with E-state index in [-0.39, 0.29) is 17.2 Å². The van der Waals surface area contributed by atoms with Gasteiger partial charge < -0.3 is 15.4 Å². The van der Waals surface area contributed by atoms with Crippen LogP contribution in [0.1, 0.15) is 82.6 Å². The van der Waals surface area contributed by atoms with Crippen molar-refractivity contribution < 1.29 is 14.7 Å². The zero-order chi connectivity index (χ0) is 27.1. The van der Waals surface area contributed by atoms with Crippen molar-refractivity contribution in [3.63, 3.8) is 0 Å². The van der Waals surface area contributed by atoms with Crippen LogP contribution >= 0.6 is 0 Å². The zero-order valence-corrected chi connectivity index (χ0v) is 22.0. The molecule has 2 aliphatic rings. The summed E-state index contributed by atoms with van der Waals surface area (Å²) in [6.07, 6.45) is 5.49. The van der Waals surface area contributed by atoms with E-state index in [1.807, 2.05) is 13.8 Å². The number of rotatable bonds is 9. The Morgan fingerprint density at radius 3 is 2.45 bits per heavy atom. The Kier molecular flexibility index (Phi) is 6.75. The number of benzene rings is 1. The van der Waals surface area contributed by atoms with Gasteiger partial charge in [-0.3, -0.25) is 18.7 Å². The summed E-state index contributed by atoms with van der Waals surface area (Å²) in [4.78, 5) is 60.2. The standard InChI is InChI=1S/C28H35N5O5/c1-3-15-32-21-20(22(34)33(16-4-2)26(32)38)29-24(31-21)27-11-8-12-28(17-27,14-13-27)25(37)30-19(23(35)36)18-9-6-5-7-10-18/h5-7,9-10,19H,3-4,8,11-17H2,1-2H3,(H,29,31)(H,30,37)(H,35,36). The third kappa shape index (κ3) is 4.16. The molecule has 0 radical (unpaired) electrons. The van der Waals surface area contributed by atoms with Gasteiger partial charge in [0.25, 0.3) is 5.56 Å². The zero-order valence-electron chi connectivity index (χ0n) is 22.0. The maximum absolute atomic E-state index is 13.7. The molecular weight excluding hydrogens is 486 g/mol. The number of hydrogen-bond acceptors (Lipinski definition) is 5. The third-order valence-corrected chi connectivity index (χ3v) is 8.46. The van der Waals surface area contributed by atoms with Crippen LogP contribution in [-0.4, -0.2) is 36.1 Å². The molecule has 0 spiro atoms. The Morgan fingerprint density at radius 1 is 1.05 bits per heavy atom. The Balaban J connectivity index is 1.50. The molecule has 1 aromatic carbocycles. The Bertz CT molecular complexity index is 1490. The molecule has 202 valence electrons. The molecule has 2 saturated carbocycles. The molecule has 3 N–H and O–H groups in total. The van der Waals surface area contributed by atoms with Crippen LogP contribution < -0.4 is 16.6 Å². The summed E-state index contributed by atoms with van der Waals surface area (Å²) in [6, 6.07) is 7.59. The minimum Gasteiger partial charge on any atom is -0.479 e. The van der Waals surface area contributed by atoms with E-state index in [1.165, 1.54) is 4.57 Å². The maximum Gasteiger partial charge on any atom is 0.332 e. The van der Waals surface area contributed by atoms with Gasteiger partial charge in [0.15, 0.2) is 11.7 Å². The minimum absolute atomic E-state index is 0.250. The van der Waals surface area contributed by atoms with Gasteiger partial charge in [0.2, 0.25) is 5.91 Å². The summed E-state index contributed by atoms with van der Waals surface area (Å²) in [5, 5.41) is 12.7. The van der Waals surface area contributed by atoms with Gasteiger partial charge in [0.05, 0.1) is 5.41 Å². The van der Waals surface area contributed by atoms with Gasteiger partial charge in [0.1, 0.15) is 11.3 Å².